The van der Waals surface area contributed by atoms with Gasteiger partial charge in [0.15, 0.2) is 0 Å². The smallest absolute Gasteiger partial charge is 0.144 e. The molecule has 0 amide bonds. The highest BCUT2D eigenvalue weighted by Crippen LogP contribution is 2.13. The molecule has 0 N–H and O–H groups in total. The molecular weight excluding hydrogens is 202 g/mol. The van der Waals surface area contributed by atoms with Gasteiger partial charge in [0.2, 0.25) is 0 Å². The molecule has 0 aliphatic carbocycles. The lowest BCUT2D eigenvalue weighted by Gasteiger charge is -2.12. The van der Waals surface area contributed by atoms with E-state index in [9.17, 15) is 4.21 Å². The summed E-state index contributed by atoms with van der Waals surface area (Å²) in [7, 11) is -1.15. The predicted octanol–water partition coefficient (Wildman–Crippen LogP) is 2.63. The summed E-state index contributed by atoms with van der Waals surface area (Å²) in [6.07, 6.45) is 1.67. The lowest BCUT2D eigenvalue weighted by molar-refractivity contribution is 0.651. The third kappa shape index (κ3) is 3.40. The fraction of sp³-hybridized carbons (Fsp3) is 0.444. The van der Waals surface area contributed by atoms with Crippen LogP contribution in [0, 0.1) is 0 Å². The topological polar surface area (TPSA) is 29.4 Å². The van der Waals surface area contributed by atoms with Gasteiger partial charge in [-0.15, -0.1) is 11.3 Å². The van der Waals surface area contributed by atoms with Gasteiger partial charge in [-0.05, 0) is 32.2 Å². The molecule has 1 atom stereocenters. The number of hydrogen-bond donors (Lipinski definition) is 0. The molecule has 0 aromatic carbocycles. The highest BCUT2D eigenvalue weighted by molar-refractivity contribution is 7.85. The molecule has 13 heavy (non-hydrogen) atoms. The van der Waals surface area contributed by atoms with Crippen molar-refractivity contribution in [1.82, 2.24) is 0 Å². The van der Waals surface area contributed by atoms with Crippen LogP contribution in [0.15, 0.2) is 21.9 Å². The summed E-state index contributed by atoms with van der Waals surface area (Å²) >= 11 is 1.59. The van der Waals surface area contributed by atoms with Gasteiger partial charge in [-0.25, -0.2) is 4.21 Å². The van der Waals surface area contributed by atoms with Crippen LogP contribution >= 0.6 is 11.3 Å². The van der Waals surface area contributed by atoms with E-state index in [1.165, 1.54) is 0 Å². The molecule has 0 bridgehead atoms. The Hall–Kier alpha value is -0.480. The second kappa shape index (κ2) is 4.15. The van der Waals surface area contributed by atoms with E-state index >= 15 is 0 Å². The Kier molecular flexibility index (Phi) is 3.39. The van der Waals surface area contributed by atoms with Crippen molar-refractivity contribution in [3.63, 3.8) is 0 Å². The number of nitrogens with zero attached hydrogens (tertiary/aromatic N) is 1. The van der Waals surface area contributed by atoms with Crippen LogP contribution in [-0.4, -0.2) is 15.2 Å². The molecule has 1 aromatic heterocycles. The maximum atomic E-state index is 11.5. The summed E-state index contributed by atoms with van der Waals surface area (Å²) in [5, 5.41) is 1.97. The SMILES string of the molecule is CC(C)(C)[S@@](=O)N=Cc1cccs1. The maximum absolute atomic E-state index is 11.5. The van der Waals surface area contributed by atoms with Gasteiger partial charge in [-0.3, -0.25) is 0 Å². The lowest BCUT2D eigenvalue weighted by Crippen LogP contribution is -2.19. The number of thiophene rings is 1. The van der Waals surface area contributed by atoms with Crippen LogP contribution in [0.5, 0.6) is 0 Å². The zero-order valence-corrected chi connectivity index (χ0v) is 9.61. The van der Waals surface area contributed by atoms with Gasteiger partial charge in [0.25, 0.3) is 0 Å². The minimum atomic E-state index is -1.15. The Balaban J connectivity index is 2.65. The lowest BCUT2D eigenvalue weighted by atomic mass is 10.3. The van der Waals surface area contributed by atoms with Gasteiger partial charge in [-0.2, -0.15) is 4.40 Å². The molecule has 0 unspecified atom stereocenters. The van der Waals surface area contributed by atoms with E-state index in [-0.39, 0.29) is 4.75 Å². The van der Waals surface area contributed by atoms with Crippen molar-refractivity contribution >= 4 is 28.5 Å². The van der Waals surface area contributed by atoms with E-state index in [0.29, 0.717) is 0 Å². The summed E-state index contributed by atoms with van der Waals surface area (Å²) in [4.78, 5) is 1.04. The van der Waals surface area contributed by atoms with Crippen molar-refractivity contribution < 1.29 is 4.21 Å². The largest absolute Gasteiger partial charge is 0.234 e. The van der Waals surface area contributed by atoms with Gasteiger partial charge in [0.1, 0.15) is 11.0 Å². The van der Waals surface area contributed by atoms with Crippen molar-refractivity contribution in [3.8, 4) is 0 Å². The van der Waals surface area contributed by atoms with Gasteiger partial charge < -0.3 is 0 Å². The average molecular weight is 215 g/mol. The molecule has 0 radical (unpaired) electrons. The highest BCUT2D eigenvalue weighted by Gasteiger charge is 2.17. The first kappa shape index (κ1) is 10.6. The number of hydrogen-bond acceptors (Lipinski definition) is 2. The first-order valence-electron chi connectivity index (χ1n) is 4.00. The fourth-order valence-corrected chi connectivity index (χ4v) is 1.80. The Bertz CT molecular complexity index is 309. The zero-order chi connectivity index (χ0) is 9.90. The van der Waals surface area contributed by atoms with Crippen molar-refractivity contribution in [2.75, 3.05) is 0 Å². The van der Waals surface area contributed by atoms with E-state index in [2.05, 4.69) is 4.40 Å². The normalized spacial score (nSPS) is 15.0. The van der Waals surface area contributed by atoms with E-state index in [4.69, 9.17) is 0 Å². The fourth-order valence-electron chi connectivity index (χ4n) is 0.623. The van der Waals surface area contributed by atoms with Crippen LogP contribution in [0.1, 0.15) is 25.6 Å². The summed E-state index contributed by atoms with van der Waals surface area (Å²) < 4.78 is 15.2. The second-order valence-electron chi connectivity index (χ2n) is 3.61. The highest BCUT2D eigenvalue weighted by atomic mass is 32.2. The van der Waals surface area contributed by atoms with Crippen molar-refractivity contribution in [1.29, 1.82) is 0 Å². The van der Waals surface area contributed by atoms with E-state index in [0.717, 1.165) is 4.88 Å². The van der Waals surface area contributed by atoms with Crippen LogP contribution in [0.3, 0.4) is 0 Å². The van der Waals surface area contributed by atoms with Crippen molar-refractivity contribution in [2.45, 2.75) is 25.5 Å². The zero-order valence-electron chi connectivity index (χ0n) is 7.98. The molecule has 2 nitrogen and oxygen atoms in total. The molecule has 1 rings (SSSR count). The summed E-state index contributed by atoms with van der Waals surface area (Å²) in [6.45, 7) is 5.73. The molecule has 4 heteroatoms. The van der Waals surface area contributed by atoms with Crippen LogP contribution in [0.4, 0.5) is 0 Å². The predicted molar refractivity (Wildman–Crippen MR) is 59.8 cm³/mol. The Morgan fingerprint density at radius 2 is 2.23 bits per heavy atom. The Labute approximate surface area is 85.3 Å². The quantitative estimate of drug-likeness (QED) is 0.697. The first-order chi connectivity index (χ1) is 6.00. The Morgan fingerprint density at radius 3 is 2.69 bits per heavy atom. The van der Waals surface area contributed by atoms with Crippen LogP contribution in [0.2, 0.25) is 0 Å². The molecular formula is C9H13NOS2. The molecule has 1 heterocycles. The summed E-state index contributed by atoms with van der Waals surface area (Å²) in [5.41, 5.74) is 0. The van der Waals surface area contributed by atoms with Crippen LogP contribution in [0.25, 0.3) is 0 Å². The molecule has 0 saturated heterocycles. The molecule has 0 aliphatic rings. The van der Waals surface area contributed by atoms with Gasteiger partial charge >= 0.3 is 0 Å². The minimum absolute atomic E-state index is 0.270. The standard InChI is InChI=1S/C9H13NOS2/c1-9(2,3)13(11)10-7-8-5-4-6-12-8/h4-7H,1-3H3/t13-/m1/s1. The van der Waals surface area contributed by atoms with E-state index < -0.39 is 11.0 Å². The molecule has 0 saturated carbocycles. The monoisotopic (exact) mass is 215 g/mol. The summed E-state index contributed by atoms with van der Waals surface area (Å²) in [5.74, 6) is 0. The minimum Gasteiger partial charge on any atom is -0.234 e. The maximum Gasteiger partial charge on any atom is 0.144 e. The average Bonchev–Trinajstić information content (AvgIpc) is 2.50. The first-order valence-corrected chi connectivity index (χ1v) is 5.98. The molecule has 1 aromatic rings. The van der Waals surface area contributed by atoms with Gasteiger partial charge in [-0.1, -0.05) is 6.07 Å². The molecule has 0 aliphatic heterocycles. The third-order valence-electron chi connectivity index (χ3n) is 1.34. The molecule has 72 valence electrons. The molecule has 0 fully saturated rings. The van der Waals surface area contributed by atoms with E-state index in [1.807, 2.05) is 38.3 Å². The van der Waals surface area contributed by atoms with Gasteiger partial charge in [0.05, 0.1) is 11.0 Å². The van der Waals surface area contributed by atoms with Gasteiger partial charge in [0, 0.05) is 4.88 Å². The van der Waals surface area contributed by atoms with E-state index in [1.54, 1.807) is 17.6 Å². The second-order valence-corrected chi connectivity index (χ2v) is 6.52. The number of rotatable bonds is 2. The van der Waals surface area contributed by atoms with Crippen LogP contribution < -0.4 is 0 Å². The van der Waals surface area contributed by atoms with Crippen LogP contribution in [-0.2, 0) is 11.0 Å². The van der Waals surface area contributed by atoms with Crippen molar-refractivity contribution in [2.24, 2.45) is 4.40 Å². The molecule has 0 spiro atoms. The Morgan fingerprint density at radius 1 is 1.54 bits per heavy atom. The summed E-state index contributed by atoms with van der Waals surface area (Å²) in [6, 6.07) is 3.90. The van der Waals surface area contributed by atoms with Crippen molar-refractivity contribution in [3.05, 3.63) is 22.4 Å². The third-order valence-corrected chi connectivity index (χ3v) is 3.49.